The van der Waals surface area contributed by atoms with Crippen LogP contribution in [0.5, 0.6) is 0 Å². The number of nitrogens with one attached hydrogen (secondary N) is 1. The summed E-state index contributed by atoms with van der Waals surface area (Å²) in [5, 5.41) is 8.32. The molecule has 0 atom stereocenters. The highest BCUT2D eigenvalue weighted by molar-refractivity contribution is 7.98. The number of nitrogens with zero attached hydrogens (tertiary/aromatic N) is 1. The maximum absolute atomic E-state index is 11.6. The van der Waals surface area contributed by atoms with Crippen LogP contribution in [0.25, 0.3) is 33.5 Å². The molecule has 0 aliphatic heterocycles. The van der Waals surface area contributed by atoms with E-state index in [1.165, 1.54) is 11.0 Å². The Morgan fingerprint density at radius 3 is 2.67 bits per heavy atom. The van der Waals surface area contributed by atoms with E-state index in [9.17, 15) is 4.79 Å². The molecule has 0 amide bonds. The Bertz CT molecular complexity index is 1060. The molecule has 2 aromatic carbocycles. The van der Waals surface area contributed by atoms with Gasteiger partial charge in [0.05, 0.1) is 11.4 Å². The normalized spacial score (nSPS) is 11.0. The van der Waals surface area contributed by atoms with Crippen LogP contribution in [0, 0.1) is 0 Å². The summed E-state index contributed by atoms with van der Waals surface area (Å²) in [6, 6.07) is 19.2. The number of aromatic nitrogens is 2. The first-order valence-electron chi connectivity index (χ1n) is 7.48. The SMILES string of the molecule is CSc1ccc(-c2cc(-c3cccc4ccc(=O)oc34)[nH]n2)cc1. The zero-order chi connectivity index (χ0) is 16.5. The van der Waals surface area contributed by atoms with E-state index in [1.54, 1.807) is 17.8 Å². The van der Waals surface area contributed by atoms with E-state index >= 15 is 0 Å². The van der Waals surface area contributed by atoms with Crippen molar-refractivity contribution in [1.29, 1.82) is 0 Å². The number of hydrogen-bond donors (Lipinski definition) is 1. The van der Waals surface area contributed by atoms with Gasteiger partial charge in [-0.25, -0.2) is 4.79 Å². The minimum atomic E-state index is -0.359. The lowest BCUT2D eigenvalue weighted by Crippen LogP contribution is -1.95. The topological polar surface area (TPSA) is 58.9 Å². The summed E-state index contributed by atoms with van der Waals surface area (Å²) in [5.74, 6) is 0. The predicted octanol–water partition coefficient (Wildman–Crippen LogP) is 4.57. The van der Waals surface area contributed by atoms with Crippen molar-refractivity contribution in [2.45, 2.75) is 4.90 Å². The number of fused-ring (bicyclic) bond motifs is 1. The first-order valence-corrected chi connectivity index (χ1v) is 8.70. The first-order chi connectivity index (χ1) is 11.7. The fourth-order valence-corrected chi connectivity index (χ4v) is 3.08. The molecule has 2 aromatic heterocycles. The molecular weight excluding hydrogens is 320 g/mol. The van der Waals surface area contributed by atoms with Crippen molar-refractivity contribution >= 4 is 22.7 Å². The number of para-hydroxylation sites is 1. The summed E-state index contributed by atoms with van der Waals surface area (Å²) in [4.78, 5) is 12.8. The standard InChI is InChI=1S/C19H14N2O2S/c1-24-14-8-5-12(6-9-14)16-11-17(21-20-16)15-4-2-3-13-7-10-18(22)23-19(13)15/h2-11H,1H3,(H,20,21). The summed E-state index contributed by atoms with van der Waals surface area (Å²) < 4.78 is 5.39. The van der Waals surface area contributed by atoms with Gasteiger partial charge in [-0.2, -0.15) is 5.10 Å². The molecule has 2 heterocycles. The van der Waals surface area contributed by atoms with E-state index in [1.807, 2.05) is 24.3 Å². The number of aromatic amines is 1. The molecule has 1 N–H and O–H groups in total. The molecule has 0 radical (unpaired) electrons. The monoisotopic (exact) mass is 334 g/mol. The van der Waals surface area contributed by atoms with Crippen molar-refractivity contribution in [1.82, 2.24) is 10.2 Å². The minimum Gasteiger partial charge on any atom is -0.422 e. The van der Waals surface area contributed by atoms with Crippen LogP contribution in [-0.4, -0.2) is 16.5 Å². The van der Waals surface area contributed by atoms with E-state index in [4.69, 9.17) is 4.42 Å². The van der Waals surface area contributed by atoms with Crippen molar-refractivity contribution in [2.75, 3.05) is 6.26 Å². The summed E-state index contributed by atoms with van der Waals surface area (Å²) in [5.41, 5.74) is 3.74. The van der Waals surface area contributed by atoms with Crippen molar-refractivity contribution in [3.63, 3.8) is 0 Å². The molecule has 0 fully saturated rings. The first kappa shape index (κ1) is 14.8. The van der Waals surface area contributed by atoms with Gasteiger partial charge in [-0.15, -0.1) is 11.8 Å². The largest absolute Gasteiger partial charge is 0.422 e. The quantitative estimate of drug-likeness (QED) is 0.440. The Balaban J connectivity index is 1.80. The smallest absolute Gasteiger partial charge is 0.336 e. The molecule has 24 heavy (non-hydrogen) atoms. The third-order valence-electron chi connectivity index (χ3n) is 3.90. The zero-order valence-corrected chi connectivity index (χ0v) is 13.8. The molecule has 4 rings (SSSR count). The van der Waals surface area contributed by atoms with Gasteiger partial charge < -0.3 is 4.42 Å². The molecule has 0 spiro atoms. The van der Waals surface area contributed by atoms with Crippen LogP contribution in [0.3, 0.4) is 0 Å². The van der Waals surface area contributed by atoms with E-state index in [2.05, 4.69) is 40.7 Å². The molecule has 0 bridgehead atoms. The lowest BCUT2D eigenvalue weighted by Gasteiger charge is -2.02. The van der Waals surface area contributed by atoms with Crippen molar-refractivity contribution in [2.24, 2.45) is 0 Å². The van der Waals surface area contributed by atoms with Crippen LogP contribution in [0.1, 0.15) is 0 Å². The van der Waals surface area contributed by atoms with Crippen molar-refractivity contribution in [3.05, 3.63) is 71.1 Å². The van der Waals surface area contributed by atoms with E-state index in [0.717, 1.165) is 27.9 Å². The Kier molecular flexibility index (Phi) is 3.70. The summed E-state index contributed by atoms with van der Waals surface area (Å²) >= 11 is 1.71. The maximum atomic E-state index is 11.6. The molecule has 0 aliphatic carbocycles. The molecule has 0 unspecified atom stereocenters. The fourth-order valence-electron chi connectivity index (χ4n) is 2.67. The summed E-state index contributed by atoms with van der Waals surface area (Å²) in [7, 11) is 0. The van der Waals surface area contributed by atoms with E-state index in [-0.39, 0.29) is 5.63 Å². The molecule has 0 saturated carbocycles. The minimum absolute atomic E-state index is 0.359. The number of benzene rings is 2. The lowest BCUT2D eigenvalue weighted by atomic mass is 10.1. The average molecular weight is 334 g/mol. The van der Waals surface area contributed by atoms with Gasteiger partial charge in [-0.1, -0.05) is 24.3 Å². The third-order valence-corrected chi connectivity index (χ3v) is 4.64. The van der Waals surface area contributed by atoms with Crippen LogP contribution < -0.4 is 5.63 Å². The van der Waals surface area contributed by atoms with Gasteiger partial charge in [-0.3, -0.25) is 5.10 Å². The van der Waals surface area contributed by atoms with Gasteiger partial charge in [0.25, 0.3) is 0 Å². The molecule has 0 aliphatic rings. The van der Waals surface area contributed by atoms with E-state index in [0.29, 0.717) is 5.58 Å². The number of H-pyrrole nitrogens is 1. The second kappa shape index (κ2) is 6.02. The van der Waals surface area contributed by atoms with E-state index < -0.39 is 0 Å². The number of thioether (sulfide) groups is 1. The van der Waals surface area contributed by atoms with Gasteiger partial charge in [0.1, 0.15) is 5.58 Å². The van der Waals surface area contributed by atoms with Gasteiger partial charge in [0.15, 0.2) is 0 Å². The maximum Gasteiger partial charge on any atom is 0.336 e. The predicted molar refractivity (Wildman–Crippen MR) is 97.3 cm³/mol. The second-order valence-corrected chi connectivity index (χ2v) is 6.25. The van der Waals surface area contributed by atoms with Crippen LogP contribution in [-0.2, 0) is 0 Å². The van der Waals surface area contributed by atoms with Crippen LogP contribution in [0.4, 0.5) is 0 Å². The Hall–Kier alpha value is -2.79. The number of hydrogen-bond acceptors (Lipinski definition) is 4. The molecule has 0 saturated heterocycles. The zero-order valence-electron chi connectivity index (χ0n) is 12.9. The lowest BCUT2D eigenvalue weighted by molar-refractivity contribution is 0.562. The molecular formula is C19H14N2O2S. The molecule has 4 aromatic rings. The molecule has 5 heteroatoms. The summed E-state index contributed by atoms with van der Waals surface area (Å²) in [6.07, 6.45) is 2.05. The Labute approximate surface area is 142 Å². The third kappa shape index (κ3) is 2.63. The second-order valence-electron chi connectivity index (χ2n) is 5.37. The van der Waals surface area contributed by atoms with Gasteiger partial charge in [0, 0.05) is 27.5 Å². The molecule has 4 nitrogen and oxygen atoms in total. The number of rotatable bonds is 3. The van der Waals surface area contributed by atoms with Crippen LogP contribution in [0.2, 0.25) is 0 Å². The highest BCUT2D eigenvalue weighted by Crippen LogP contribution is 2.29. The Morgan fingerprint density at radius 2 is 1.88 bits per heavy atom. The molecule has 118 valence electrons. The summed E-state index contributed by atoms with van der Waals surface area (Å²) in [6.45, 7) is 0. The Morgan fingerprint density at radius 1 is 1.04 bits per heavy atom. The van der Waals surface area contributed by atoms with Crippen LogP contribution in [0.15, 0.2) is 74.8 Å². The van der Waals surface area contributed by atoms with Gasteiger partial charge in [-0.05, 0) is 36.6 Å². The highest BCUT2D eigenvalue weighted by Gasteiger charge is 2.11. The van der Waals surface area contributed by atoms with Crippen molar-refractivity contribution in [3.8, 4) is 22.5 Å². The van der Waals surface area contributed by atoms with Gasteiger partial charge >= 0.3 is 5.63 Å². The van der Waals surface area contributed by atoms with Gasteiger partial charge in [0.2, 0.25) is 0 Å². The average Bonchev–Trinajstić information content (AvgIpc) is 3.11. The van der Waals surface area contributed by atoms with Crippen LogP contribution >= 0.6 is 11.8 Å². The van der Waals surface area contributed by atoms with Crippen molar-refractivity contribution < 1.29 is 4.42 Å². The fraction of sp³-hybridized carbons (Fsp3) is 0.0526. The highest BCUT2D eigenvalue weighted by atomic mass is 32.2.